The molecule has 0 fully saturated rings. The van der Waals surface area contributed by atoms with Gasteiger partial charge in [-0.1, -0.05) is 43.7 Å². The van der Waals surface area contributed by atoms with E-state index in [1.54, 1.807) is 25.2 Å². The molecule has 0 aliphatic rings. The van der Waals surface area contributed by atoms with E-state index in [-0.39, 0.29) is 11.4 Å². The summed E-state index contributed by atoms with van der Waals surface area (Å²) in [4.78, 5) is 11.9. The first-order valence-electron chi connectivity index (χ1n) is 7.81. The second kappa shape index (κ2) is 11.1. The van der Waals surface area contributed by atoms with Crippen LogP contribution >= 0.6 is 0 Å². The normalized spacial score (nSPS) is 12.1. The third-order valence-corrected chi connectivity index (χ3v) is 2.81. The molecule has 0 aliphatic carbocycles. The van der Waals surface area contributed by atoms with Gasteiger partial charge in [-0.3, -0.25) is 4.79 Å². The van der Waals surface area contributed by atoms with Crippen molar-refractivity contribution in [3.05, 3.63) is 65.5 Å². The van der Waals surface area contributed by atoms with E-state index in [9.17, 15) is 18.0 Å². The first-order chi connectivity index (χ1) is 11.8. The molecule has 6 heteroatoms. The van der Waals surface area contributed by atoms with E-state index in [2.05, 4.69) is 5.32 Å². The molecule has 0 heterocycles. The molecule has 0 unspecified atom stereocenters. The molecular formula is C19H24F3NO2. The van der Waals surface area contributed by atoms with Crippen molar-refractivity contribution in [2.45, 2.75) is 33.9 Å². The number of anilines is 1. The van der Waals surface area contributed by atoms with Gasteiger partial charge in [-0.15, -0.1) is 0 Å². The highest BCUT2D eigenvalue weighted by Gasteiger charge is 2.33. The van der Waals surface area contributed by atoms with Crippen molar-refractivity contribution >= 4 is 11.6 Å². The molecule has 0 radical (unpaired) electrons. The minimum absolute atomic E-state index is 0.223. The third kappa shape index (κ3) is 8.24. The number of halogens is 3. The van der Waals surface area contributed by atoms with Crippen molar-refractivity contribution in [3.63, 3.8) is 0 Å². The lowest BCUT2D eigenvalue weighted by Crippen LogP contribution is -2.15. The highest BCUT2D eigenvalue weighted by atomic mass is 19.4. The van der Waals surface area contributed by atoms with Gasteiger partial charge in [-0.05, 0) is 32.1 Å². The fourth-order valence-corrected chi connectivity index (χ4v) is 1.74. The van der Waals surface area contributed by atoms with Crippen molar-refractivity contribution < 1.29 is 22.7 Å². The fourth-order valence-electron chi connectivity index (χ4n) is 1.74. The Kier molecular flexibility index (Phi) is 10.0. The van der Waals surface area contributed by atoms with Gasteiger partial charge in [0, 0.05) is 6.08 Å². The highest BCUT2D eigenvalue weighted by molar-refractivity contribution is 6.00. The zero-order valence-corrected chi connectivity index (χ0v) is 15.1. The lowest BCUT2D eigenvalue weighted by molar-refractivity contribution is -0.137. The standard InChI is InChI=1S/C17H18F3NO2.C2H6/c1-4-5-6-7-13(23-3)11-16(22)21-15-9-8-12(2)10-14(15)17(18,19)20;1-2/h4-11H,1-3H3,(H,21,22);1-2H3/b5-4-,7-6-,13-11-;. The number of amides is 1. The number of alkyl halides is 3. The van der Waals surface area contributed by atoms with Crippen LogP contribution in [0.3, 0.4) is 0 Å². The maximum absolute atomic E-state index is 13.0. The zero-order chi connectivity index (χ0) is 19.5. The Bertz CT molecular complexity index is 645. The van der Waals surface area contributed by atoms with Crippen molar-refractivity contribution in [2.24, 2.45) is 0 Å². The summed E-state index contributed by atoms with van der Waals surface area (Å²) in [5.74, 6) is -0.484. The van der Waals surface area contributed by atoms with Crippen molar-refractivity contribution in [2.75, 3.05) is 12.4 Å². The average molecular weight is 355 g/mol. The van der Waals surface area contributed by atoms with E-state index in [0.29, 0.717) is 5.56 Å². The number of allylic oxidation sites excluding steroid dienone is 4. The van der Waals surface area contributed by atoms with Crippen LogP contribution in [-0.2, 0) is 15.7 Å². The quantitative estimate of drug-likeness (QED) is 0.422. The number of rotatable bonds is 5. The number of carbonyl (C=O) groups is 1. The minimum atomic E-state index is -4.55. The van der Waals surface area contributed by atoms with E-state index in [1.807, 2.05) is 20.8 Å². The largest absolute Gasteiger partial charge is 0.497 e. The molecule has 0 saturated heterocycles. The van der Waals surface area contributed by atoms with E-state index in [1.165, 1.54) is 25.3 Å². The number of hydrogen-bond donors (Lipinski definition) is 1. The van der Waals surface area contributed by atoms with Gasteiger partial charge in [-0.2, -0.15) is 13.2 Å². The van der Waals surface area contributed by atoms with Crippen LogP contribution < -0.4 is 5.32 Å². The molecule has 0 aliphatic heterocycles. The highest BCUT2D eigenvalue weighted by Crippen LogP contribution is 2.35. The molecule has 138 valence electrons. The summed E-state index contributed by atoms with van der Waals surface area (Å²) in [5.41, 5.74) is -0.724. The summed E-state index contributed by atoms with van der Waals surface area (Å²) in [6.07, 6.45) is 3.22. The molecule has 1 amide bonds. The maximum Gasteiger partial charge on any atom is 0.418 e. The predicted molar refractivity (Wildman–Crippen MR) is 95.2 cm³/mol. The van der Waals surface area contributed by atoms with Gasteiger partial charge in [0.15, 0.2) is 0 Å². The molecule has 1 aromatic rings. The smallest absolute Gasteiger partial charge is 0.418 e. The van der Waals surface area contributed by atoms with Gasteiger partial charge < -0.3 is 10.1 Å². The predicted octanol–water partition coefficient (Wildman–Crippen LogP) is 5.64. The van der Waals surface area contributed by atoms with Crippen molar-refractivity contribution in [1.82, 2.24) is 0 Å². The fraction of sp³-hybridized carbons (Fsp3) is 0.316. The van der Waals surface area contributed by atoms with Crippen LogP contribution in [0.2, 0.25) is 0 Å². The second-order valence-electron chi connectivity index (χ2n) is 4.67. The number of ether oxygens (including phenoxy) is 1. The van der Waals surface area contributed by atoms with E-state index in [4.69, 9.17) is 4.74 Å². The van der Waals surface area contributed by atoms with Gasteiger partial charge >= 0.3 is 6.18 Å². The second-order valence-corrected chi connectivity index (χ2v) is 4.67. The van der Waals surface area contributed by atoms with Gasteiger partial charge in [0.2, 0.25) is 0 Å². The van der Waals surface area contributed by atoms with Gasteiger partial charge in [0.25, 0.3) is 5.91 Å². The van der Waals surface area contributed by atoms with Crippen LogP contribution in [-0.4, -0.2) is 13.0 Å². The van der Waals surface area contributed by atoms with Crippen LogP contribution in [0.5, 0.6) is 0 Å². The minimum Gasteiger partial charge on any atom is -0.497 e. The summed E-state index contributed by atoms with van der Waals surface area (Å²) >= 11 is 0. The van der Waals surface area contributed by atoms with Crippen LogP contribution in [0.25, 0.3) is 0 Å². The molecule has 0 bridgehead atoms. The molecule has 0 atom stereocenters. The zero-order valence-electron chi connectivity index (χ0n) is 15.1. The number of methoxy groups -OCH3 is 1. The van der Waals surface area contributed by atoms with Crippen molar-refractivity contribution in [1.29, 1.82) is 0 Å². The lowest BCUT2D eigenvalue weighted by Gasteiger charge is -2.14. The molecular weight excluding hydrogens is 331 g/mol. The van der Waals surface area contributed by atoms with Crippen LogP contribution in [0.15, 0.2) is 54.3 Å². The first-order valence-corrected chi connectivity index (χ1v) is 7.81. The van der Waals surface area contributed by atoms with Gasteiger partial charge in [0.05, 0.1) is 18.4 Å². The summed E-state index contributed by atoms with van der Waals surface area (Å²) in [6.45, 7) is 7.37. The third-order valence-electron chi connectivity index (χ3n) is 2.81. The average Bonchev–Trinajstić information content (AvgIpc) is 2.56. The number of hydrogen-bond acceptors (Lipinski definition) is 2. The maximum atomic E-state index is 13.0. The Morgan fingerprint density at radius 3 is 2.36 bits per heavy atom. The lowest BCUT2D eigenvalue weighted by atomic mass is 10.1. The molecule has 0 aromatic heterocycles. The molecule has 1 aromatic carbocycles. The van der Waals surface area contributed by atoms with Crippen molar-refractivity contribution in [3.8, 4) is 0 Å². The number of aryl methyl sites for hydroxylation is 1. The van der Waals surface area contributed by atoms with Crippen LogP contribution in [0, 0.1) is 6.92 Å². The molecule has 1 rings (SSSR count). The number of benzene rings is 1. The van der Waals surface area contributed by atoms with Crippen LogP contribution in [0.1, 0.15) is 31.9 Å². The molecule has 3 nitrogen and oxygen atoms in total. The van der Waals surface area contributed by atoms with E-state index < -0.39 is 17.6 Å². The van der Waals surface area contributed by atoms with E-state index >= 15 is 0 Å². The number of nitrogens with one attached hydrogen (secondary N) is 1. The Balaban J connectivity index is 0.00000277. The Morgan fingerprint density at radius 2 is 1.84 bits per heavy atom. The molecule has 1 N–H and O–H groups in total. The van der Waals surface area contributed by atoms with Crippen LogP contribution in [0.4, 0.5) is 18.9 Å². The topological polar surface area (TPSA) is 38.3 Å². The Labute approximate surface area is 146 Å². The summed E-state index contributed by atoms with van der Waals surface area (Å²) in [5, 5.41) is 2.23. The van der Waals surface area contributed by atoms with Gasteiger partial charge in [0.1, 0.15) is 5.76 Å². The first kappa shape index (κ1) is 22.5. The summed E-state index contributed by atoms with van der Waals surface area (Å²) in [6, 6.07) is 3.71. The Morgan fingerprint density at radius 1 is 1.20 bits per heavy atom. The Hall–Kier alpha value is -2.50. The summed E-state index contributed by atoms with van der Waals surface area (Å²) < 4.78 is 44.0. The molecule has 25 heavy (non-hydrogen) atoms. The van der Waals surface area contributed by atoms with Gasteiger partial charge in [-0.25, -0.2) is 0 Å². The molecule has 0 spiro atoms. The number of carbonyl (C=O) groups excluding carboxylic acids is 1. The summed E-state index contributed by atoms with van der Waals surface area (Å²) in [7, 11) is 1.37. The monoisotopic (exact) mass is 355 g/mol. The van der Waals surface area contributed by atoms with E-state index in [0.717, 1.165) is 12.1 Å². The SMILES string of the molecule is CC.C\C=C/C=C\C(=C\C(=O)Nc1ccc(C)cc1C(F)(F)F)OC. The molecule has 0 saturated carbocycles.